The Morgan fingerprint density at radius 3 is 2.23 bits per heavy atom. The van der Waals surface area contributed by atoms with Crippen molar-refractivity contribution in [2.24, 2.45) is 0 Å². The summed E-state index contributed by atoms with van der Waals surface area (Å²) in [6, 6.07) is 7.28. The number of hydrogen-bond acceptors (Lipinski definition) is 5. The van der Waals surface area contributed by atoms with E-state index in [1.54, 1.807) is 53.1 Å². The molecule has 0 spiro atoms. The molecule has 0 saturated heterocycles. The van der Waals surface area contributed by atoms with Crippen LogP contribution in [0.2, 0.25) is 0 Å². The number of rotatable bonds is 7. The molecule has 8 heteroatoms. The molecule has 1 N–H and O–H groups in total. The number of carbonyl (C=O) groups is 2. The monoisotopic (exact) mass is 384 g/mol. The van der Waals surface area contributed by atoms with E-state index in [2.05, 4.69) is 5.32 Å². The van der Waals surface area contributed by atoms with Gasteiger partial charge < -0.3 is 15.0 Å². The number of benzene rings is 1. The van der Waals surface area contributed by atoms with Crippen LogP contribution in [0.3, 0.4) is 0 Å². The van der Waals surface area contributed by atoms with Gasteiger partial charge in [-0.05, 0) is 39.3 Å². The summed E-state index contributed by atoms with van der Waals surface area (Å²) in [5.41, 5.74) is -0.702. The van der Waals surface area contributed by atoms with Gasteiger partial charge in [-0.1, -0.05) is 18.2 Å². The molecular weight excluding hydrogens is 356 g/mol. The maximum atomic E-state index is 12.6. The van der Waals surface area contributed by atoms with Crippen LogP contribution >= 0.6 is 0 Å². The molecule has 2 amide bonds. The smallest absolute Gasteiger partial charge is 0.407 e. The Labute approximate surface area is 155 Å². The van der Waals surface area contributed by atoms with Gasteiger partial charge in [-0.2, -0.15) is 0 Å². The Hall–Kier alpha value is -2.09. The third-order valence-corrected chi connectivity index (χ3v) is 5.28. The van der Waals surface area contributed by atoms with Gasteiger partial charge in [0.25, 0.3) is 0 Å². The van der Waals surface area contributed by atoms with Crippen molar-refractivity contribution in [1.29, 1.82) is 0 Å². The number of nitrogens with one attached hydrogen (secondary N) is 1. The van der Waals surface area contributed by atoms with E-state index in [1.165, 1.54) is 17.0 Å². The van der Waals surface area contributed by atoms with Crippen LogP contribution in [-0.4, -0.2) is 56.8 Å². The third kappa shape index (κ3) is 7.86. The van der Waals surface area contributed by atoms with Gasteiger partial charge in [-0.15, -0.1) is 0 Å². The summed E-state index contributed by atoms with van der Waals surface area (Å²) < 4.78 is 30.4. The van der Waals surface area contributed by atoms with Crippen molar-refractivity contribution >= 4 is 21.8 Å². The van der Waals surface area contributed by atoms with E-state index in [0.717, 1.165) is 0 Å². The van der Waals surface area contributed by atoms with Crippen LogP contribution in [0.25, 0.3) is 0 Å². The predicted octanol–water partition coefficient (Wildman–Crippen LogP) is 2.22. The lowest BCUT2D eigenvalue weighted by atomic mass is 10.1. The van der Waals surface area contributed by atoms with E-state index >= 15 is 0 Å². The Morgan fingerprint density at radius 1 is 1.15 bits per heavy atom. The maximum absolute atomic E-state index is 12.6. The molecule has 0 aliphatic carbocycles. The molecule has 26 heavy (non-hydrogen) atoms. The molecule has 1 aromatic carbocycles. The third-order valence-electron chi connectivity index (χ3n) is 3.45. The van der Waals surface area contributed by atoms with E-state index in [1.807, 2.05) is 0 Å². The molecule has 0 fully saturated rings. The Morgan fingerprint density at radius 2 is 1.73 bits per heavy atom. The van der Waals surface area contributed by atoms with Gasteiger partial charge in [0.15, 0.2) is 9.84 Å². The standard InChI is InChI=1S/C18H28N2O5S/c1-18(2,3)25-17(22)19-14(11-12-16(21)20(4)5)13-26(23,24)15-9-7-6-8-10-15/h6-10,14H,11-13H2,1-5H3,(H,19,22)/t14-/m1/s1. The molecular formula is C18H28N2O5S. The van der Waals surface area contributed by atoms with Gasteiger partial charge in [0.1, 0.15) is 5.60 Å². The SMILES string of the molecule is CN(C)C(=O)CC[C@H](CS(=O)(=O)c1ccccc1)NC(=O)OC(C)(C)C. The Balaban J connectivity index is 2.89. The first-order chi connectivity index (χ1) is 11.9. The minimum atomic E-state index is -3.61. The van der Waals surface area contributed by atoms with Gasteiger partial charge in [0, 0.05) is 26.6 Å². The first kappa shape index (κ1) is 22.0. The largest absolute Gasteiger partial charge is 0.444 e. The summed E-state index contributed by atoms with van der Waals surface area (Å²) in [7, 11) is -0.363. The van der Waals surface area contributed by atoms with Crippen molar-refractivity contribution in [3.63, 3.8) is 0 Å². The van der Waals surface area contributed by atoms with Crippen molar-refractivity contribution in [3.05, 3.63) is 30.3 Å². The van der Waals surface area contributed by atoms with Gasteiger partial charge in [-0.25, -0.2) is 13.2 Å². The van der Waals surface area contributed by atoms with Crippen LogP contribution in [0.15, 0.2) is 35.2 Å². The number of carbonyl (C=O) groups excluding carboxylic acids is 2. The molecule has 1 atom stereocenters. The number of nitrogens with zero attached hydrogens (tertiary/aromatic N) is 1. The van der Waals surface area contributed by atoms with Crippen LogP contribution in [0.1, 0.15) is 33.6 Å². The van der Waals surface area contributed by atoms with Gasteiger partial charge >= 0.3 is 6.09 Å². The van der Waals surface area contributed by atoms with Crippen LogP contribution < -0.4 is 5.32 Å². The summed E-state index contributed by atoms with van der Waals surface area (Å²) in [5.74, 6) is -0.449. The van der Waals surface area contributed by atoms with Crippen LogP contribution in [0, 0.1) is 0 Å². The summed E-state index contributed by atoms with van der Waals surface area (Å²) in [4.78, 5) is 25.5. The van der Waals surface area contributed by atoms with Crippen LogP contribution in [-0.2, 0) is 19.4 Å². The summed E-state index contributed by atoms with van der Waals surface area (Å²) in [6.45, 7) is 5.16. The molecule has 0 saturated carbocycles. The molecule has 1 rings (SSSR count). The van der Waals surface area contributed by atoms with E-state index < -0.39 is 27.6 Å². The first-order valence-electron chi connectivity index (χ1n) is 8.38. The Bertz CT molecular complexity index is 709. The van der Waals surface area contributed by atoms with Crippen molar-refractivity contribution in [2.45, 2.75) is 50.2 Å². The molecule has 0 aliphatic rings. The summed E-state index contributed by atoms with van der Waals surface area (Å²) in [6.07, 6.45) is -0.386. The van der Waals surface area contributed by atoms with Crippen molar-refractivity contribution in [3.8, 4) is 0 Å². The van der Waals surface area contributed by atoms with Crippen molar-refractivity contribution < 1.29 is 22.7 Å². The molecule has 0 aliphatic heterocycles. The first-order valence-corrected chi connectivity index (χ1v) is 10.0. The van der Waals surface area contributed by atoms with E-state index in [-0.39, 0.29) is 29.4 Å². The quantitative estimate of drug-likeness (QED) is 0.778. The molecule has 7 nitrogen and oxygen atoms in total. The van der Waals surface area contributed by atoms with Gasteiger partial charge in [0.2, 0.25) is 5.91 Å². The molecule has 146 valence electrons. The fourth-order valence-corrected chi connectivity index (χ4v) is 3.73. The highest BCUT2D eigenvalue weighted by atomic mass is 32.2. The highest BCUT2D eigenvalue weighted by Gasteiger charge is 2.25. The molecule has 0 radical (unpaired) electrons. The number of hydrogen-bond donors (Lipinski definition) is 1. The Kier molecular flexibility index (Phi) is 7.62. The zero-order valence-corrected chi connectivity index (χ0v) is 16.8. The second-order valence-corrected chi connectivity index (χ2v) is 9.30. The van der Waals surface area contributed by atoms with Crippen LogP contribution in [0.4, 0.5) is 4.79 Å². The van der Waals surface area contributed by atoms with E-state index in [4.69, 9.17) is 4.74 Å². The lowest BCUT2D eigenvalue weighted by molar-refractivity contribution is -0.128. The molecule has 0 heterocycles. The lowest BCUT2D eigenvalue weighted by Gasteiger charge is -2.24. The predicted molar refractivity (Wildman–Crippen MR) is 99.6 cm³/mol. The molecule has 0 unspecified atom stereocenters. The number of ether oxygens (including phenoxy) is 1. The van der Waals surface area contributed by atoms with Gasteiger partial charge in [-0.3, -0.25) is 4.79 Å². The average Bonchev–Trinajstić information content (AvgIpc) is 2.50. The summed E-state index contributed by atoms with van der Waals surface area (Å²) >= 11 is 0. The summed E-state index contributed by atoms with van der Waals surface area (Å²) in [5, 5.41) is 2.58. The number of sulfone groups is 1. The second kappa shape index (κ2) is 9.02. The van der Waals surface area contributed by atoms with Crippen molar-refractivity contribution in [2.75, 3.05) is 19.8 Å². The zero-order valence-electron chi connectivity index (χ0n) is 16.0. The highest BCUT2D eigenvalue weighted by Crippen LogP contribution is 2.14. The molecule has 1 aromatic rings. The normalized spacial score (nSPS) is 13.0. The number of alkyl carbamates (subject to hydrolysis) is 1. The van der Waals surface area contributed by atoms with Crippen LogP contribution in [0.5, 0.6) is 0 Å². The minimum Gasteiger partial charge on any atom is -0.444 e. The van der Waals surface area contributed by atoms with E-state index in [9.17, 15) is 18.0 Å². The second-order valence-electron chi connectivity index (χ2n) is 7.26. The fourth-order valence-electron chi connectivity index (χ4n) is 2.18. The fraction of sp³-hybridized carbons (Fsp3) is 0.556. The maximum Gasteiger partial charge on any atom is 0.407 e. The molecule has 0 aromatic heterocycles. The minimum absolute atomic E-state index is 0.123. The van der Waals surface area contributed by atoms with Gasteiger partial charge in [0.05, 0.1) is 10.6 Å². The zero-order chi connectivity index (χ0) is 20.0. The highest BCUT2D eigenvalue weighted by molar-refractivity contribution is 7.91. The topological polar surface area (TPSA) is 92.8 Å². The lowest BCUT2D eigenvalue weighted by Crippen LogP contribution is -2.43. The number of amides is 2. The average molecular weight is 384 g/mol. The van der Waals surface area contributed by atoms with Crippen molar-refractivity contribution in [1.82, 2.24) is 10.2 Å². The van der Waals surface area contributed by atoms with E-state index in [0.29, 0.717) is 0 Å². The molecule has 0 bridgehead atoms.